The SMILES string of the molecule is CN(Cc1ccccc1)[C@H]1C=CC(=O)[C@@H]1N(C)Cc1ccccc1. The third kappa shape index (κ3) is 3.81. The van der Waals surface area contributed by atoms with Crippen LogP contribution in [0.3, 0.4) is 0 Å². The van der Waals surface area contributed by atoms with Crippen LogP contribution in [0.5, 0.6) is 0 Å². The summed E-state index contributed by atoms with van der Waals surface area (Å²) in [6.45, 7) is 1.60. The monoisotopic (exact) mass is 320 g/mol. The van der Waals surface area contributed by atoms with E-state index in [1.54, 1.807) is 6.08 Å². The Morgan fingerprint density at radius 3 is 1.83 bits per heavy atom. The van der Waals surface area contributed by atoms with Gasteiger partial charge in [0.2, 0.25) is 0 Å². The number of likely N-dealkylation sites (N-methyl/N-ethyl adjacent to an activating group) is 2. The van der Waals surface area contributed by atoms with Crippen molar-refractivity contribution in [1.82, 2.24) is 9.80 Å². The van der Waals surface area contributed by atoms with Crippen molar-refractivity contribution in [3.05, 3.63) is 83.9 Å². The van der Waals surface area contributed by atoms with Gasteiger partial charge in [0.05, 0.1) is 12.1 Å². The lowest BCUT2D eigenvalue weighted by molar-refractivity contribution is -0.119. The number of benzene rings is 2. The Labute approximate surface area is 144 Å². The highest BCUT2D eigenvalue weighted by atomic mass is 16.1. The van der Waals surface area contributed by atoms with Crippen LogP contribution in [0.15, 0.2) is 72.8 Å². The van der Waals surface area contributed by atoms with Gasteiger partial charge in [-0.3, -0.25) is 14.6 Å². The van der Waals surface area contributed by atoms with Crippen LogP contribution in [-0.2, 0) is 17.9 Å². The van der Waals surface area contributed by atoms with Crippen molar-refractivity contribution < 1.29 is 4.79 Å². The molecule has 0 aromatic heterocycles. The Kier molecular flexibility index (Phi) is 5.24. The van der Waals surface area contributed by atoms with Crippen LogP contribution in [-0.4, -0.2) is 41.8 Å². The number of nitrogens with zero attached hydrogens (tertiary/aromatic N) is 2. The van der Waals surface area contributed by atoms with Crippen molar-refractivity contribution in [3.63, 3.8) is 0 Å². The van der Waals surface area contributed by atoms with E-state index in [0.29, 0.717) is 0 Å². The van der Waals surface area contributed by atoms with Crippen LogP contribution in [0, 0.1) is 0 Å². The fraction of sp³-hybridized carbons (Fsp3) is 0.286. The average molecular weight is 320 g/mol. The second-order valence-corrected chi connectivity index (χ2v) is 6.50. The zero-order valence-corrected chi connectivity index (χ0v) is 14.3. The highest BCUT2D eigenvalue weighted by molar-refractivity contribution is 5.97. The summed E-state index contributed by atoms with van der Waals surface area (Å²) in [5.74, 6) is 0.193. The Morgan fingerprint density at radius 2 is 1.29 bits per heavy atom. The van der Waals surface area contributed by atoms with E-state index in [1.165, 1.54) is 11.1 Å². The first-order valence-electron chi connectivity index (χ1n) is 8.35. The van der Waals surface area contributed by atoms with Crippen LogP contribution >= 0.6 is 0 Å². The average Bonchev–Trinajstić information content (AvgIpc) is 2.98. The number of hydrogen-bond donors (Lipinski definition) is 0. The predicted molar refractivity (Wildman–Crippen MR) is 97.5 cm³/mol. The highest BCUT2D eigenvalue weighted by Gasteiger charge is 2.35. The minimum absolute atomic E-state index is 0.103. The largest absolute Gasteiger partial charge is 0.294 e. The van der Waals surface area contributed by atoms with Crippen molar-refractivity contribution in [1.29, 1.82) is 0 Å². The van der Waals surface area contributed by atoms with Crippen molar-refractivity contribution in [2.75, 3.05) is 14.1 Å². The number of ketones is 1. The van der Waals surface area contributed by atoms with E-state index in [-0.39, 0.29) is 17.9 Å². The molecule has 0 saturated heterocycles. The molecule has 0 radical (unpaired) electrons. The molecule has 0 amide bonds. The van der Waals surface area contributed by atoms with E-state index in [2.05, 4.69) is 53.2 Å². The van der Waals surface area contributed by atoms with Gasteiger partial charge >= 0.3 is 0 Å². The topological polar surface area (TPSA) is 23.6 Å². The number of rotatable bonds is 6. The van der Waals surface area contributed by atoms with Crippen LogP contribution in [0.1, 0.15) is 11.1 Å². The van der Waals surface area contributed by atoms with Crippen LogP contribution in [0.25, 0.3) is 0 Å². The predicted octanol–water partition coefficient (Wildman–Crippen LogP) is 3.13. The van der Waals surface area contributed by atoms with Crippen LogP contribution in [0.2, 0.25) is 0 Å². The smallest absolute Gasteiger partial charge is 0.174 e. The second kappa shape index (κ2) is 7.56. The Hall–Kier alpha value is -2.23. The summed E-state index contributed by atoms with van der Waals surface area (Å²) in [6.07, 6.45) is 3.77. The van der Waals surface area contributed by atoms with Crippen LogP contribution in [0.4, 0.5) is 0 Å². The summed E-state index contributed by atoms with van der Waals surface area (Å²) < 4.78 is 0. The van der Waals surface area contributed by atoms with Gasteiger partial charge in [0.25, 0.3) is 0 Å². The van der Waals surface area contributed by atoms with E-state index >= 15 is 0 Å². The van der Waals surface area contributed by atoms with Gasteiger partial charge in [-0.05, 0) is 31.3 Å². The molecule has 0 fully saturated rings. The van der Waals surface area contributed by atoms with Gasteiger partial charge in [0.1, 0.15) is 0 Å². The summed E-state index contributed by atoms with van der Waals surface area (Å²) in [5, 5.41) is 0. The zero-order valence-electron chi connectivity index (χ0n) is 14.3. The molecule has 3 nitrogen and oxygen atoms in total. The molecule has 24 heavy (non-hydrogen) atoms. The Bertz CT molecular complexity index is 696. The molecule has 0 N–H and O–H groups in total. The summed E-state index contributed by atoms with van der Waals surface area (Å²) in [6, 6.07) is 20.7. The molecule has 1 aliphatic rings. The van der Waals surface area contributed by atoms with E-state index in [9.17, 15) is 4.79 Å². The molecule has 0 heterocycles. The lowest BCUT2D eigenvalue weighted by atomic mass is 10.1. The first-order chi connectivity index (χ1) is 11.6. The second-order valence-electron chi connectivity index (χ2n) is 6.50. The van der Waals surface area contributed by atoms with Crippen molar-refractivity contribution in [2.24, 2.45) is 0 Å². The molecule has 0 unspecified atom stereocenters. The lowest BCUT2D eigenvalue weighted by Crippen LogP contribution is -2.49. The highest BCUT2D eigenvalue weighted by Crippen LogP contribution is 2.21. The van der Waals surface area contributed by atoms with Crippen molar-refractivity contribution in [3.8, 4) is 0 Å². The normalized spacial score (nSPS) is 20.2. The molecule has 2 atom stereocenters. The molecule has 0 aliphatic heterocycles. The molecule has 0 saturated carbocycles. The summed E-state index contributed by atoms with van der Waals surface area (Å²) >= 11 is 0. The van der Waals surface area contributed by atoms with Gasteiger partial charge in [0.15, 0.2) is 5.78 Å². The molecule has 0 spiro atoms. The molecule has 3 heteroatoms. The van der Waals surface area contributed by atoms with E-state index in [1.807, 2.05) is 37.4 Å². The number of carbonyl (C=O) groups is 1. The molecule has 1 aliphatic carbocycles. The minimum atomic E-state index is -0.126. The third-order valence-electron chi connectivity index (χ3n) is 4.61. The Morgan fingerprint density at radius 1 is 0.792 bits per heavy atom. The fourth-order valence-corrected chi connectivity index (χ4v) is 3.38. The summed E-state index contributed by atoms with van der Waals surface area (Å²) in [5.41, 5.74) is 2.49. The van der Waals surface area contributed by atoms with Crippen molar-refractivity contribution >= 4 is 5.78 Å². The maximum Gasteiger partial charge on any atom is 0.174 e. The van der Waals surface area contributed by atoms with E-state index in [4.69, 9.17) is 0 Å². The number of carbonyl (C=O) groups excluding carboxylic acids is 1. The Balaban J connectivity index is 1.70. The zero-order chi connectivity index (χ0) is 16.9. The minimum Gasteiger partial charge on any atom is -0.294 e. The van der Waals surface area contributed by atoms with Gasteiger partial charge in [-0.2, -0.15) is 0 Å². The fourth-order valence-electron chi connectivity index (χ4n) is 3.38. The maximum atomic E-state index is 12.4. The first-order valence-corrected chi connectivity index (χ1v) is 8.35. The summed E-state index contributed by atoms with van der Waals surface area (Å²) in [7, 11) is 4.12. The quantitative estimate of drug-likeness (QED) is 0.817. The van der Waals surface area contributed by atoms with Gasteiger partial charge in [0, 0.05) is 13.1 Å². The van der Waals surface area contributed by atoms with E-state index in [0.717, 1.165) is 13.1 Å². The molecular weight excluding hydrogens is 296 g/mol. The van der Waals surface area contributed by atoms with E-state index < -0.39 is 0 Å². The van der Waals surface area contributed by atoms with Gasteiger partial charge < -0.3 is 0 Å². The maximum absolute atomic E-state index is 12.4. The summed E-state index contributed by atoms with van der Waals surface area (Å²) in [4.78, 5) is 16.8. The third-order valence-corrected chi connectivity index (χ3v) is 4.61. The molecule has 3 rings (SSSR count). The van der Waals surface area contributed by atoms with Gasteiger partial charge in [-0.1, -0.05) is 66.7 Å². The molecular formula is C21H24N2O. The van der Waals surface area contributed by atoms with Gasteiger partial charge in [-0.25, -0.2) is 0 Å². The van der Waals surface area contributed by atoms with Crippen LogP contribution < -0.4 is 0 Å². The molecule has 2 aromatic carbocycles. The lowest BCUT2D eigenvalue weighted by Gasteiger charge is -2.34. The molecule has 0 bridgehead atoms. The number of hydrogen-bond acceptors (Lipinski definition) is 3. The first kappa shape index (κ1) is 16.6. The van der Waals surface area contributed by atoms with Gasteiger partial charge in [-0.15, -0.1) is 0 Å². The van der Waals surface area contributed by atoms with Crippen molar-refractivity contribution in [2.45, 2.75) is 25.2 Å². The molecule has 124 valence electrons. The standard InChI is InChI=1S/C21H24N2O/c1-22(15-17-9-5-3-6-10-17)19-13-14-20(24)21(19)23(2)16-18-11-7-4-8-12-18/h3-14,19,21H,15-16H2,1-2H3/t19-,21+/m0/s1. The molecule has 2 aromatic rings.